The monoisotopic (exact) mass is 245 g/mol. The molecule has 0 aliphatic heterocycles. The second kappa shape index (κ2) is 3.72. The van der Waals surface area contributed by atoms with Gasteiger partial charge < -0.3 is 15.4 Å². The van der Waals surface area contributed by atoms with Crippen LogP contribution in [0.1, 0.15) is 26.1 Å². The molecule has 2 atom stereocenters. The van der Waals surface area contributed by atoms with Crippen LogP contribution < -0.4 is 5.32 Å². The number of nitrogens with zero attached hydrogens (tertiary/aromatic N) is 1. The molecule has 1 aliphatic carbocycles. The first kappa shape index (κ1) is 11.5. The molecule has 4 heteroatoms. The van der Waals surface area contributed by atoms with Crippen molar-refractivity contribution in [3.63, 3.8) is 0 Å². The Morgan fingerprint density at radius 3 is 2.89 bits per heavy atom. The molecular weight excluding hydrogens is 226 g/mol. The van der Waals surface area contributed by atoms with Crippen LogP contribution in [-0.4, -0.2) is 27.2 Å². The van der Waals surface area contributed by atoms with Gasteiger partial charge in [-0.1, -0.05) is 13.8 Å². The summed E-state index contributed by atoms with van der Waals surface area (Å²) < 4.78 is 0. The van der Waals surface area contributed by atoms with Crippen LogP contribution in [-0.2, 0) is 0 Å². The van der Waals surface area contributed by atoms with Gasteiger partial charge in [-0.25, -0.2) is 4.98 Å². The lowest BCUT2D eigenvalue weighted by molar-refractivity contribution is -0.0510. The third kappa shape index (κ3) is 1.68. The van der Waals surface area contributed by atoms with E-state index in [9.17, 15) is 5.11 Å². The van der Waals surface area contributed by atoms with Crippen LogP contribution in [0, 0.1) is 12.3 Å². The number of hydrogen-bond acceptors (Lipinski definition) is 3. The van der Waals surface area contributed by atoms with Gasteiger partial charge in [0, 0.05) is 17.1 Å². The number of aromatic amines is 1. The minimum Gasteiger partial charge on any atom is -0.392 e. The Morgan fingerprint density at radius 1 is 1.44 bits per heavy atom. The van der Waals surface area contributed by atoms with Crippen LogP contribution >= 0.6 is 0 Å². The van der Waals surface area contributed by atoms with Crippen molar-refractivity contribution < 1.29 is 5.11 Å². The SMILES string of the molecule is Cc1nc2ccc(NC3CC(O)C3(C)C)cc2[nH]1. The Morgan fingerprint density at radius 2 is 2.22 bits per heavy atom. The molecule has 0 radical (unpaired) electrons. The summed E-state index contributed by atoms with van der Waals surface area (Å²) in [6.07, 6.45) is 0.612. The van der Waals surface area contributed by atoms with Gasteiger partial charge in [0.25, 0.3) is 0 Å². The molecule has 2 unspecified atom stereocenters. The fourth-order valence-electron chi connectivity index (χ4n) is 2.58. The van der Waals surface area contributed by atoms with Crippen molar-refractivity contribution in [1.82, 2.24) is 9.97 Å². The first-order chi connectivity index (χ1) is 8.46. The minimum absolute atomic E-state index is 0.0567. The number of aliphatic hydroxyl groups excluding tert-OH is 1. The van der Waals surface area contributed by atoms with Gasteiger partial charge in [-0.05, 0) is 31.5 Å². The topological polar surface area (TPSA) is 60.9 Å². The van der Waals surface area contributed by atoms with Gasteiger partial charge in [0.15, 0.2) is 0 Å². The fraction of sp³-hybridized carbons (Fsp3) is 0.500. The maximum atomic E-state index is 9.74. The standard InChI is InChI=1S/C14H19N3O/c1-8-15-10-5-4-9(6-11(10)16-8)17-12-7-13(18)14(12,2)3/h4-6,12-13,17-18H,7H2,1-3H3,(H,15,16). The zero-order chi connectivity index (χ0) is 12.9. The molecule has 1 aliphatic rings. The molecule has 1 aromatic heterocycles. The van der Waals surface area contributed by atoms with E-state index in [0.29, 0.717) is 6.04 Å². The van der Waals surface area contributed by atoms with E-state index in [1.807, 2.05) is 19.1 Å². The highest BCUT2D eigenvalue weighted by molar-refractivity contribution is 5.79. The molecule has 1 aromatic carbocycles. The fourth-order valence-corrected chi connectivity index (χ4v) is 2.58. The van der Waals surface area contributed by atoms with Crippen LogP contribution in [0.4, 0.5) is 5.69 Å². The van der Waals surface area contributed by atoms with Gasteiger partial charge in [0.05, 0.1) is 17.1 Å². The lowest BCUT2D eigenvalue weighted by Crippen LogP contribution is -2.56. The maximum Gasteiger partial charge on any atom is 0.104 e. The highest BCUT2D eigenvalue weighted by atomic mass is 16.3. The summed E-state index contributed by atoms with van der Waals surface area (Å²) in [5.41, 5.74) is 3.07. The van der Waals surface area contributed by atoms with E-state index in [1.54, 1.807) is 0 Å². The molecule has 2 aromatic rings. The quantitative estimate of drug-likeness (QED) is 0.761. The first-order valence-corrected chi connectivity index (χ1v) is 6.38. The number of fused-ring (bicyclic) bond motifs is 1. The predicted octanol–water partition coefficient (Wildman–Crippen LogP) is 2.44. The van der Waals surface area contributed by atoms with Gasteiger partial charge in [0.2, 0.25) is 0 Å². The van der Waals surface area contributed by atoms with E-state index >= 15 is 0 Å². The van der Waals surface area contributed by atoms with Crippen molar-refractivity contribution in [2.45, 2.75) is 39.3 Å². The van der Waals surface area contributed by atoms with Gasteiger partial charge in [-0.3, -0.25) is 0 Å². The number of benzene rings is 1. The number of rotatable bonds is 2. The summed E-state index contributed by atoms with van der Waals surface area (Å²) in [6.45, 7) is 6.15. The van der Waals surface area contributed by atoms with E-state index in [0.717, 1.165) is 29.0 Å². The van der Waals surface area contributed by atoms with Crippen molar-refractivity contribution >= 4 is 16.7 Å². The summed E-state index contributed by atoms with van der Waals surface area (Å²) in [5, 5.41) is 13.2. The first-order valence-electron chi connectivity index (χ1n) is 6.38. The number of anilines is 1. The largest absolute Gasteiger partial charge is 0.392 e. The molecule has 3 rings (SSSR count). The Balaban J connectivity index is 1.83. The lowest BCUT2D eigenvalue weighted by Gasteiger charge is -2.49. The highest BCUT2D eigenvalue weighted by Gasteiger charge is 2.47. The molecule has 3 N–H and O–H groups in total. The van der Waals surface area contributed by atoms with Crippen LogP contribution in [0.3, 0.4) is 0 Å². The molecule has 18 heavy (non-hydrogen) atoms. The molecule has 0 amide bonds. The normalized spacial score (nSPS) is 26.0. The molecule has 96 valence electrons. The molecule has 4 nitrogen and oxygen atoms in total. The second-order valence-corrected chi connectivity index (χ2v) is 5.82. The minimum atomic E-state index is -0.201. The van der Waals surface area contributed by atoms with Gasteiger partial charge >= 0.3 is 0 Å². The predicted molar refractivity (Wildman–Crippen MR) is 72.6 cm³/mol. The molecule has 1 saturated carbocycles. The molecule has 1 fully saturated rings. The molecule has 0 bridgehead atoms. The smallest absolute Gasteiger partial charge is 0.104 e. The second-order valence-electron chi connectivity index (χ2n) is 5.82. The Hall–Kier alpha value is -1.55. The number of nitrogens with one attached hydrogen (secondary N) is 2. The van der Waals surface area contributed by atoms with Crippen molar-refractivity contribution in [3.8, 4) is 0 Å². The van der Waals surface area contributed by atoms with Crippen LogP contribution in [0.5, 0.6) is 0 Å². The molecule has 1 heterocycles. The Kier molecular flexibility index (Phi) is 2.38. The third-order valence-corrected chi connectivity index (χ3v) is 4.16. The number of H-pyrrole nitrogens is 1. The van der Waals surface area contributed by atoms with E-state index < -0.39 is 0 Å². The zero-order valence-corrected chi connectivity index (χ0v) is 11.0. The average molecular weight is 245 g/mol. The zero-order valence-electron chi connectivity index (χ0n) is 11.0. The highest BCUT2D eigenvalue weighted by Crippen LogP contribution is 2.42. The Labute approximate surface area is 106 Å². The van der Waals surface area contributed by atoms with E-state index in [1.165, 1.54) is 0 Å². The number of aryl methyl sites for hydroxylation is 1. The summed E-state index contributed by atoms with van der Waals surface area (Å²) >= 11 is 0. The maximum absolute atomic E-state index is 9.74. The van der Waals surface area contributed by atoms with Gasteiger partial charge in [0.1, 0.15) is 5.82 Å². The Bertz CT molecular complexity index is 588. The van der Waals surface area contributed by atoms with Crippen LogP contribution in [0.25, 0.3) is 11.0 Å². The number of aromatic nitrogens is 2. The van der Waals surface area contributed by atoms with E-state index in [2.05, 4.69) is 35.2 Å². The molecular formula is C14H19N3O. The third-order valence-electron chi connectivity index (χ3n) is 4.16. The lowest BCUT2D eigenvalue weighted by atomic mass is 9.64. The number of hydrogen-bond donors (Lipinski definition) is 3. The number of imidazole rings is 1. The average Bonchev–Trinajstić information content (AvgIpc) is 2.68. The molecule has 0 spiro atoms. The van der Waals surface area contributed by atoms with E-state index in [-0.39, 0.29) is 11.5 Å². The van der Waals surface area contributed by atoms with Crippen LogP contribution in [0.15, 0.2) is 18.2 Å². The van der Waals surface area contributed by atoms with E-state index in [4.69, 9.17) is 0 Å². The van der Waals surface area contributed by atoms with Gasteiger partial charge in [-0.2, -0.15) is 0 Å². The summed E-state index contributed by atoms with van der Waals surface area (Å²) in [6, 6.07) is 6.47. The number of aliphatic hydroxyl groups is 1. The summed E-state index contributed by atoms with van der Waals surface area (Å²) in [5.74, 6) is 0.932. The van der Waals surface area contributed by atoms with Crippen LogP contribution in [0.2, 0.25) is 0 Å². The van der Waals surface area contributed by atoms with Crippen molar-refractivity contribution in [2.75, 3.05) is 5.32 Å². The molecule has 0 saturated heterocycles. The van der Waals surface area contributed by atoms with Gasteiger partial charge in [-0.15, -0.1) is 0 Å². The van der Waals surface area contributed by atoms with Crippen molar-refractivity contribution in [1.29, 1.82) is 0 Å². The van der Waals surface area contributed by atoms with Crippen molar-refractivity contribution in [3.05, 3.63) is 24.0 Å². The summed E-state index contributed by atoms with van der Waals surface area (Å²) in [7, 11) is 0. The summed E-state index contributed by atoms with van der Waals surface area (Å²) in [4.78, 5) is 7.62. The van der Waals surface area contributed by atoms with Crippen molar-refractivity contribution in [2.24, 2.45) is 5.41 Å².